The third-order valence-corrected chi connectivity index (χ3v) is 4.11. The molecular formula is C18H26N6O2. The third kappa shape index (κ3) is 4.65. The van der Waals surface area contributed by atoms with E-state index < -0.39 is 0 Å². The van der Waals surface area contributed by atoms with Crippen LogP contribution in [0.4, 0.5) is 0 Å². The molecule has 26 heavy (non-hydrogen) atoms. The fraction of sp³-hybridized carbons (Fsp3) is 0.500. The van der Waals surface area contributed by atoms with Crippen molar-refractivity contribution in [1.82, 2.24) is 25.4 Å². The van der Waals surface area contributed by atoms with E-state index in [1.807, 2.05) is 12.1 Å². The normalized spacial score (nSPS) is 13.1. The quantitative estimate of drug-likeness (QED) is 0.548. The standard InChI is InChI=1S/C18H26N6O2/c1-3-17-23-22-12-24(17)10-9-21-18(19-4-2)20-8-7-14-5-6-15-16(11-14)26-13-25-15/h5-6,11-12H,3-4,7-10,13H2,1-2H3,(H2,19,20,21). The maximum atomic E-state index is 5.42. The van der Waals surface area contributed by atoms with Gasteiger partial charge in [-0.1, -0.05) is 13.0 Å². The Morgan fingerprint density at radius 3 is 2.96 bits per heavy atom. The third-order valence-electron chi connectivity index (χ3n) is 4.11. The first-order valence-corrected chi connectivity index (χ1v) is 9.07. The molecular weight excluding hydrogens is 332 g/mol. The van der Waals surface area contributed by atoms with Gasteiger partial charge in [0.25, 0.3) is 0 Å². The zero-order valence-corrected chi connectivity index (χ0v) is 15.4. The lowest BCUT2D eigenvalue weighted by atomic mass is 10.1. The number of guanidine groups is 1. The van der Waals surface area contributed by atoms with Crippen molar-refractivity contribution in [3.05, 3.63) is 35.9 Å². The molecule has 0 fully saturated rings. The van der Waals surface area contributed by atoms with Gasteiger partial charge in [-0.15, -0.1) is 10.2 Å². The van der Waals surface area contributed by atoms with E-state index in [0.29, 0.717) is 13.3 Å². The van der Waals surface area contributed by atoms with Gasteiger partial charge in [-0.2, -0.15) is 0 Å². The lowest BCUT2D eigenvalue weighted by Gasteiger charge is -2.12. The van der Waals surface area contributed by atoms with E-state index in [0.717, 1.165) is 55.8 Å². The molecule has 0 atom stereocenters. The minimum atomic E-state index is 0.303. The van der Waals surface area contributed by atoms with Crippen LogP contribution in [0.2, 0.25) is 0 Å². The number of fused-ring (bicyclic) bond motifs is 1. The molecule has 1 aromatic heterocycles. The second kappa shape index (κ2) is 9.07. The van der Waals surface area contributed by atoms with Crippen LogP contribution >= 0.6 is 0 Å². The first-order valence-electron chi connectivity index (χ1n) is 9.07. The van der Waals surface area contributed by atoms with Crippen molar-refractivity contribution in [2.45, 2.75) is 33.2 Å². The number of rotatable bonds is 8. The summed E-state index contributed by atoms with van der Waals surface area (Å²) in [6.07, 6.45) is 3.49. The van der Waals surface area contributed by atoms with E-state index in [9.17, 15) is 0 Å². The van der Waals surface area contributed by atoms with Crippen molar-refractivity contribution in [2.75, 3.05) is 26.4 Å². The molecule has 0 spiro atoms. The number of hydrogen-bond acceptors (Lipinski definition) is 5. The summed E-state index contributed by atoms with van der Waals surface area (Å²) in [7, 11) is 0. The van der Waals surface area contributed by atoms with Gasteiger partial charge in [-0.05, 0) is 31.0 Å². The number of benzene rings is 1. The van der Waals surface area contributed by atoms with Crippen LogP contribution in [0.5, 0.6) is 11.5 Å². The van der Waals surface area contributed by atoms with Crippen LogP contribution in [0.15, 0.2) is 29.5 Å². The van der Waals surface area contributed by atoms with Crippen molar-refractivity contribution in [2.24, 2.45) is 4.99 Å². The molecule has 1 aliphatic heterocycles. The topological polar surface area (TPSA) is 85.6 Å². The minimum Gasteiger partial charge on any atom is -0.454 e. The molecule has 1 aromatic carbocycles. The SMILES string of the molecule is CCNC(=NCCc1ccc2c(c1)OCO2)NCCn1cnnc1CC. The Labute approximate surface area is 153 Å². The zero-order valence-electron chi connectivity index (χ0n) is 15.4. The molecule has 1 aliphatic rings. The Kier molecular flexibility index (Phi) is 6.29. The molecule has 0 amide bonds. The summed E-state index contributed by atoms with van der Waals surface area (Å²) < 4.78 is 12.8. The second-order valence-corrected chi connectivity index (χ2v) is 5.92. The Morgan fingerprint density at radius 1 is 1.23 bits per heavy atom. The lowest BCUT2D eigenvalue weighted by Crippen LogP contribution is -2.39. The first-order chi connectivity index (χ1) is 12.8. The summed E-state index contributed by atoms with van der Waals surface area (Å²) in [6, 6.07) is 6.04. The van der Waals surface area contributed by atoms with Crippen LogP contribution in [0.3, 0.4) is 0 Å². The van der Waals surface area contributed by atoms with E-state index in [2.05, 4.69) is 50.3 Å². The predicted molar refractivity (Wildman–Crippen MR) is 99.7 cm³/mol. The highest BCUT2D eigenvalue weighted by Crippen LogP contribution is 2.32. The predicted octanol–water partition coefficient (Wildman–Crippen LogP) is 1.37. The monoisotopic (exact) mass is 358 g/mol. The fourth-order valence-electron chi connectivity index (χ4n) is 2.77. The Hall–Kier alpha value is -2.77. The van der Waals surface area contributed by atoms with Gasteiger partial charge in [0.15, 0.2) is 17.5 Å². The molecule has 8 nitrogen and oxygen atoms in total. The Morgan fingerprint density at radius 2 is 2.12 bits per heavy atom. The Bertz CT molecular complexity index is 743. The molecule has 2 N–H and O–H groups in total. The van der Waals surface area contributed by atoms with E-state index in [-0.39, 0.29) is 0 Å². The summed E-state index contributed by atoms with van der Waals surface area (Å²) in [5, 5.41) is 14.7. The molecule has 3 rings (SSSR count). The number of ether oxygens (including phenoxy) is 2. The molecule has 0 saturated heterocycles. The number of aryl methyl sites for hydroxylation is 1. The van der Waals surface area contributed by atoms with Crippen LogP contribution in [-0.2, 0) is 19.4 Å². The summed E-state index contributed by atoms with van der Waals surface area (Å²) in [4.78, 5) is 4.65. The molecule has 140 valence electrons. The van der Waals surface area contributed by atoms with Crippen molar-refractivity contribution in [3.63, 3.8) is 0 Å². The zero-order chi connectivity index (χ0) is 18.2. The number of hydrogen-bond donors (Lipinski definition) is 2. The molecule has 0 aliphatic carbocycles. The van der Waals surface area contributed by atoms with Gasteiger partial charge in [0, 0.05) is 32.6 Å². The van der Waals surface area contributed by atoms with E-state index in [1.54, 1.807) is 6.33 Å². The van der Waals surface area contributed by atoms with Gasteiger partial charge in [0.1, 0.15) is 12.2 Å². The van der Waals surface area contributed by atoms with Crippen molar-refractivity contribution in [1.29, 1.82) is 0 Å². The molecule has 0 unspecified atom stereocenters. The smallest absolute Gasteiger partial charge is 0.231 e. The van der Waals surface area contributed by atoms with E-state index in [4.69, 9.17) is 9.47 Å². The van der Waals surface area contributed by atoms with Gasteiger partial charge < -0.3 is 24.7 Å². The van der Waals surface area contributed by atoms with Crippen LogP contribution in [-0.4, -0.2) is 47.2 Å². The molecule has 2 aromatic rings. The maximum Gasteiger partial charge on any atom is 0.231 e. The summed E-state index contributed by atoms with van der Waals surface area (Å²) in [6.45, 7) is 7.53. The average molecular weight is 358 g/mol. The molecule has 0 bridgehead atoms. The van der Waals surface area contributed by atoms with Gasteiger partial charge in [0.2, 0.25) is 6.79 Å². The van der Waals surface area contributed by atoms with Crippen LogP contribution < -0.4 is 20.1 Å². The van der Waals surface area contributed by atoms with Crippen molar-refractivity contribution < 1.29 is 9.47 Å². The van der Waals surface area contributed by atoms with Gasteiger partial charge in [-0.25, -0.2) is 0 Å². The summed E-state index contributed by atoms with van der Waals surface area (Å²) in [5.41, 5.74) is 1.19. The molecule has 0 saturated carbocycles. The van der Waals surface area contributed by atoms with Crippen molar-refractivity contribution >= 4 is 5.96 Å². The van der Waals surface area contributed by atoms with E-state index >= 15 is 0 Å². The molecule has 2 heterocycles. The second-order valence-electron chi connectivity index (χ2n) is 5.92. The summed E-state index contributed by atoms with van der Waals surface area (Å²) >= 11 is 0. The molecule has 8 heteroatoms. The van der Waals surface area contributed by atoms with Gasteiger partial charge >= 0.3 is 0 Å². The highest BCUT2D eigenvalue weighted by Gasteiger charge is 2.12. The Balaban J connectivity index is 1.48. The first kappa shape index (κ1) is 18.0. The van der Waals surface area contributed by atoms with Crippen LogP contribution in [0.25, 0.3) is 0 Å². The average Bonchev–Trinajstić information content (AvgIpc) is 3.30. The number of nitrogens with one attached hydrogen (secondary N) is 2. The van der Waals surface area contributed by atoms with Crippen LogP contribution in [0, 0.1) is 0 Å². The van der Waals surface area contributed by atoms with Gasteiger partial charge in [-0.3, -0.25) is 4.99 Å². The lowest BCUT2D eigenvalue weighted by molar-refractivity contribution is 0.174. The number of aromatic nitrogens is 3. The van der Waals surface area contributed by atoms with Crippen molar-refractivity contribution in [3.8, 4) is 11.5 Å². The number of aliphatic imine (C=N–C) groups is 1. The molecule has 0 radical (unpaired) electrons. The summed E-state index contributed by atoms with van der Waals surface area (Å²) in [5.74, 6) is 3.45. The fourth-order valence-corrected chi connectivity index (χ4v) is 2.77. The minimum absolute atomic E-state index is 0.303. The number of nitrogens with zero attached hydrogens (tertiary/aromatic N) is 4. The van der Waals surface area contributed by atoms with Gasteiger partial charge in [0.05, 0.1) is 0 Å². The highest BCUT2D eigenvalue weighted by atomic mass is 16.7. The van der Waals surface area contributed by atoms with Crippen LogP contribution in [0.1, 0.15) is 25.2 Å². The maximum absolute atomic E-state index is 5.42. The highest BCUT2D eigenvalue weighted by molar-refractivity contribution is 5.79. The van der Waals surface area contributed by atoms with E-state index in [1.165, 1.54) is 5.56 Å². The largest absolute Gasteiger partial charge is 0.454 e.